The molecule has 1 atom stereocenters. The first kappa shape index (κ1) is 13.0. The first-order valence-electron chi connectivity index (χ1n) is 5.57. The second-order valence-electron chi connectivity index (χ2n) is 3.99. The molecular formula is C12H13ClO5. The third kappa shape index (κ3) is 2.86. The van der Waals surface area contributed by atoms with Crippen LogP contribution in [-0.2, 0) is 4.79 Å². The molecule has 0 spiro atoms. The lowest BCUT2D eigenvalue weighted by Crippen LogP contribution is -2.06. The Morgan fingerprint density at radius 3 is 2.83 bits per heavy atom. The molecule has 0 amide bonds. The molecule has 0 aliphatic carbocycles. The molecule has 0 fully saturated rings. The topological polar surface area (TPSA) is 76.0 Å². The Labute approximate surface area is 109 Å². The van der Waals surface area contributed by atoms with Gasteiger partial charge in [0.2, 0.25) is 0 Å². The number of hydrogen-bond donors (Lipinski definition) is 2. The summed E-state index contributed by atoms with van der Waals surface area (Å²) in [6.45, 7) is 1.02. The standard InChI is InChI=1S/C12H13ClO5/c13-8-4-7(9(14)6-11(15)16)5-10-12(8)18-3-1-2-17-10/h4-5,9,14H,1-3,6H2,(H,15,16). The zero-order valence-electron chi connectivity index (χ0n) is 9.56. The fourth-order valence-corrected chi connectivity index (χ4v) is 2.00. The van der Waals surface area contributed by atoms with Gasteiger partial charge in [-0.3, -0.25) is 4.79 Å². The number of ether oxygens (including phenoxy) is 2. The summed E-state index contributed by atoms with van der Waals surface area (Å²) in [4.78, 5) is 10.6. The van der Waals surface area contributed by atoms with Crippen LogP contribution in [0.4, 0.5) is 0 Å². The second kappa shape index (κ2) is 5.46. The lowest BCUT2D eigenvalue weighted by molar-refractivity contribution is -0.139. The molecule has 2 N–H and O–H groups in total. The third-order valence-electron chi connectivity index (χ3n) is 2.58. The van der Waals surface area contributed by atoms with Crippen molar-refractivity contribution >= 4 is 17.6 Å². The number of carboxylic acids is 1. The van der Waals surface area contributed by atoms with E-state index in [0.717, 1.165) is 6.42 Å². The van der Waals surface area contributed by atoms with Crippen molar-refractivity contribution in [3.05, 3.63) is 22.7 Å². The first-order valence-corrected chi connectivity index (χ1v) is 5.94. The molecule has 0 bridgehead atoms. The van der Waals surface area contributed by atoms with Crippen molar-refractivity contribution in [3.8, 4) is 11.5 Å². The van der Waals surface area contributed by atoms with E-state index >= 15 is 0 Å². The predicted molar refractivity (Wildman–Crippen MR) is 64.3 cm³/mol. The fraction of sp³-hybridized carbons (Fsp3) is 0.417. The minimum atomic E-state index is -1.11. The van der Waals surface area contributed by atoms with E-state index in [0.29, 0.717) is 35.3 Å². The lowest BCUT2D eigenvalue weighted by Gasteiger charge is -2.14. The molecule has 1 unspecified atom stereocenters. The predicted octanol–water partition coefficient (Wildman–Crippen LogP) is 2.01. The van der Waals surface area contributed by atoms with Crippen LogP contribution in [0.3, 0.4) is 0 Å². The number of benzene rings is 1. The van der Waals surface area contributed by atoms with Crippen molar-refractivity contribution in [2.75, 3.05) is 13.2 Å². The van der Waals surface area contributed by atoms with Crippen LogP contribution in [-0.4, -0.2) is 29.4 Å². The Kier molecular flexibility index (Phi) is 3.93. The summed E-state index contributed by atoms with van der Waals surface area (Å²) in [7, 11) is 0. The van der Waals surface area contributed by atoms with Crippen LogP contribution in [0.1, 0.15) is 24.5 Å². The number of carbonyl (C=O) groups is 1. The summed E-state index contributed by atoms with van der Waals surface area (Å²) in [5.41, 5.74) is 0.409. The summed E-state index contributed by atoms with van der Waals surface area (Å²) in [5.74, 6) is -0.189. The van der Waals surface area contributed by atoms with Gasteiger partial charge in [-0.1, -0.05) is 11.6 Å². The number of rotatable bonds is 3. The van der Waals surface area contributed by atoms with Crippen LogP contribution in [0.5, 0.6) is 11.5 Å². The molecule has 0 saturated heterocycles. The zero-order valence-corrected chi connectivity index (χ0v) is 10.3. The van der Waals surface area contributed by atoms with Gasteiger partial charge in [0.1, 0.15) is 0 Å². The average molecular weight is 273 g/mol. The highest BCUT2D eigenvalue weighted by Crippen LogP contribution is 2.39. The SMILES string of the molecule is O=C(O)CC(O)c1cc(Cl)c2c(c1)OCCCO2. The normalized spacial score (nSPS) is 15.9. The van der Waals surface area contributed by atoms with Crippen molar-refractivity contribution < 1.29 is 24.5 Å². The van der Waals surface area contributed by atoms with Gasteiger partial charge in [0.15, 0.2) is 11.5 Å². The maximum absolute atomic E-state index is 10.6. The van der Waals surface area contributed by atoms with E-state index in [1.807, 2.05) is 0 Å². The number of aliphatic hydroxyl groups excluding tert-OH is 1. The van der Waals surface area contributed by atoms with Gasteiger partial charge in [0.05, 0.1) is 30.8 Å². The molecule has 18 heavy (non-hydrogen) atoms. The molecule has 0 aromatic heterocycles. The minimum Gasteiger partial charge on any atom is -0.489 e. The van der Waals surface area contributed by atoms with E-state index in [2.05, 4.69) is 0 Å². The van der Waals surface area contributed by atoms with E-state index in [1.165, 1.54) is 6.07 Å². The maximum Gasteiger partial charge on any atom is 0.306 e. The van der Waals surface area contributed by atoms with E-state index in [9.17, 15) is 9.90 Å². The highest BCUT2D eigenvalue weighted by molar-refractivity contribution is 6.32. The van der Waals surface area contributed by atoms with Gasteiger partial charge in [0.25, 0.3) is 0 Å². The molecule has 1 aromatic carbocycles. The number of fused-ring (bicyclic) bond motifs is 1. The van der Waals surface area contributed by atoms with Gasteiger partial charge < -0.3 is 19.7 Å². The molecule has 1 aromatic rings. The molecule has 1 heterocycles. The molecular weight excluding hydrogens is 260 g/mol. The van der Waals surface area contributed by atoms with Crippen LogP contribution < -0.4 is 9.47 Å². The summed E-state index contributed by atoms with van der Waals surface area (Å²) in [6, 6.07) is 3.07. The van der Waals surface area contributed by atoms with E-state index < -0.39 is 12.1 Å². The van der Waals surface area contributed by atoms with Crippen molar-refractivity contribution in [3.63, 3.8) is 0 Å². The monoisotopic (exact) mass is 272 g/mol. The van der Waals surface area contributed by atoms with Crippen LogP contribution in [0.15, 0.2) is 12.1 Å². The number of carboxylic acid groups (broad SMARTS) is 1. The van der Waals surface area contributed by atoms with Crippen LogP contribution in [0.25, 0.3) is 0 Å². The molecule has 6 heteroatoms. The van der Waals surface area contributed by atoms with Gasteiger partial charge in [0, 0.05) is 6.42 Å². The van der Waals surface area contributed by atoms with Crippen LogP contribution >= 0.6 is 11.6 Å². The van der Waals surface area contributed by atoms with Crippen molar-refractivity contribution in [1.82, 2.24) is 0 Å². The number of aliphatic hydroxyl groups is 1. The smallest absolute Gasteiger partial charge is 0.306 e. The molecule has 1 aliphatic rings. The third-order valence-corrected chi connectivity index (χ3v) is 2.86. The highest BCUT2D eigenvalue weighted by atomic mass is 35.5. The van der Waals surface area contributed by atoms with Gasteiger partial charge >= 0.3 is 5.97 Å². The lowest BCUT2D eigenvalue weighted by atomic mass is 10.1. The Bertz CT molecular complexity index is 460. The molecule has 5 nitrogen and oxygen atoms in total. The number of aliphatic carboxylic acids is 1. The van der Waals surface area contributed by atoms with Crippen LogP contribution in [0, 0.1) is 0 Å². The Morgan fingerprint density at radius 1 is 1.39 bits per heavy atom. The molecule has 98 valence electrons. The Balaban J connectivity index is 2.31. The van der Waals surface area contributed by atoms with E-state index in [-0.39, 0.29) is 6.42 Å². The minimum absolute atomic E-state index is 0.314. The largest absolute Gasteiger partial charge is 0.489 e. The first-order chi connectivity index (χ1) is 8.58. The molecule has 0 saturated carbocycles. The average Bonchev–Trinajstić information content (AvgIpc) is 2.53. The summed E-state index contributed by atoms with van der Waals surface area (Å²) in [5, 5.41) is 18.7. The molecule has 1 aliphatic heterocycles. The Hall–Kier alpha value is -1.46. The number of halogens is 1. The molecule has 2 rings (SSSR count). The van der Waals surface area contributed by atoms with Crippen molar-refractivity contribution in [2.45, 2.75) is 18.9 Å². The van der Waals surface area contributed by atoms with Crippen LogP contribution in [0.2, 0.25) is 5.02 Å². The Morgan fingerprint density at radius 2 is 2.11 bits per heavy atom. The van der Waals surface area contributed by atoms with Crippen molar-refractivity contribution in [1.29, 1.82) is 0 Å². The van der Waals surface area contributed by atoms with E-state index in [4.69, 9.17) is 26.2 Å². The number of hydrogen-bond acceptors (Lipinski definition) is 4. The van der Waals surface area contributed by atoms with Gasteiger partial charge in [-0.2, -0.15) is 0 Å². The summed E-state index contributed by atoms with van der Waals surface area (Å²) in [6.07, 6.45) is -0.745. The maximum atomic E-state index is 10.6. The van der Waals surface area contributed by atoms with Gasteiger partial charge in [-0.15, -0.1) is 0 Å². The second-order valence-corrected chi connectivity index (χ2v) is 4.40. The van der Waals surface area contributed by atoms with Gasteiger partial charge in [-0.25, -0.2) is 0 Å². The fourth-order valence-electron chi connectivity index (χ4n) is 1.73. The van der Waals surface area contributed by atoms with E-state index in [1.54, 1.807) is 6.07 Å². The zero-order chi connectivity index (χ0) is 13.1. The summed E-state index contributed by atoms with van der Waals surface area (Å²) >= 11 is 6.04. The quantitative estimate of drug-likeness (QED) is 0.880. The van der Waals surface area contributed by atoms with Gasteiger partial charge in [-0.05, 0) is 17.7 Å². The summed E-state index contributed by atoms with van der Waals surface area (Å²) < 4.78 is 10.9. The molecule has 0 radical (unpaired) electrons. The highest BCUT2D eigenvalue weighted by Gasteiger charge is 2.20. The van der Waals surface area contributed by atoms with Crippen molar-refractivity contribution in [2.24, 2.45) is 0 Å².